The van der Waals surface area contributed by atoms with Gasteiger partial charge in [-0.3, -0.25) is 4.90 Å². The minimum absolute atomic E-state index is 0.309. The van der Waals surface area contributed by atoms with Crippen LogP contribution in [0.5, 0.6) is 0 Å². The molecule has 3 saturated heterocycles. The van der Waals surface area contributed by atoms with Crippen LogP contribution in [0, 0.1) is 5.41 Å². The van der Waals surface area contributed by atoms with Crippen molar-refractivity contribution in [2.45, 2.75) is 71.5 Å². The summed E-state index contributed by atoms with van der Waals surface area (Å²) >= 11 is 0. The number of piperidine rings is 2. The predicted molar refractivity (Wildman–Crippen MR) is 69.7 cm³/mol. The van der Waals surface area contributed by atoms with E-state index in [4.69, 9.17) is 0 Å². The Balaban J connectivity index is 2.26. The average molecular weight is 224 g/mol. The van der Waals surface area contributed by atoms with Crippen LogP contribution in [0.25, 0.3) is 0 Å². The van der Waals surface area contributed by atoms with Crippen LogP contribution in [0.4, 0.5) is 0 Å². The van der Waals surface area contributed by atoms with Crippen LogP contribution >= 0.6 is 0 Å². The fraction of sp³-hybridized carbons (Fsp3) is 1.00. The molecule has 3 aliphatic heterocycles. The molecule has 1 N–H and O–H groups in total. The van der Waals surface area contributed by atoms with E-state index in [0.29, 0.717) is 16.5 Å². The van der Waals surface area contributed by atoms with Gasteiger partial charge in [0, 0.05) is 30.2 Å². The molecule has 2 bridgehead atoms. The average Bonchev–Trinajstić information content (AvgIpc) is 2.16. The van der Waals surface area contributed by atoms with Crippen molar-refractivity contribution in [3.8, 4) is 0 Å². The van der Waals surface area contributed by atoms with Gasteiger partial charge in [-0.1, -0.05) is 20.8 Å². The van der Waals surface area contributed by atoms with Crippen molar-refractivity contribution in [1.29, 1.82) is 0 Å². The van der Waals surface area contributed by atoms with Crippen LogP contribution in [0.2, 0.25) is 0 Å². The van der Waals surface area contributed by atoms with Gasteiger partial charge in [-0.25, -0.2) is 0 Å². The Hall–Kier alpha value is -0.0800. The Labute approximate surface area is 101 Å². The summed E-state index contributed by atoms with van der Waals surface area (Å²) in [6.45, 7) is 16.6. The number of fused-ring (bicyclic) bond motifs is 3. The molecular formula is C14H28N2. The van der Waals surface area contributed by atoms with E-state index < -0.39 is 0 Å². The van der Waals surface area contributed by atoms with Crippen molar-refractivity contribution in [3.05, 3.63) is 0 Å². The number of hydrogen-bond acceptors (Lipinski definition) is 2. The molecule has 3 fully saturated rings. The lowest BCUT2D eigenvalue weighted by atomic mass is 9.65. The second-order valence-corrected chi connectivity index (χ2v) is 7.70. The Morgan fingerprint density at radius 1 is 1.12 bits per heavy atom. The first kappa shape index (κ1) is 12.4. The van der Waals surface area contributed by atoms with Gasteiger partial charge in [-0.2, -0.15) is 0 Å². The van der Waals surface area contributed by atoms with E-state index in [-0.39, 0.29) is 0 Å². The van der Waals surface area contributed by atoms with Gasteiger partial charge in [0.05, 0.1) is 0 Å². The lowest BCUT2D eigenvalue weighted by molar-refractivity contribution is -0.0767. The number of nitrogens with one attached hydrogen (secondary N) is 1. The molecule has 0 aliphatic carbocycles. The summed E-state index contributed by atoms with van der Waals surface area (Å²) in [5, 5.41) is 3.83. The fourth-order valence-corrected chi connectivity index (χ4v) is 3.40. The largest absolute Gasteiger partial charge is 0.308 e. The van der Waals surface area contributed by atoms with Crippen molar-refractivity contribution in [2.24, 2.45) is 5.41 Å². The highest BCUT2D eigenvalue weighted by atomic mass is 15.3. The third kappa shape index (κ3) is 1.80. The molecule has 3 aliphatic rings. The highest BCUT2D eigenvalue weighted by Gasteiger charge is 2.52. The second-order valence-electron chi connectivity index (χ2n) is 7.70. The van der Waals surface area contributed by atoms with Gasteiger partial charge < -0.3 is 5.32 Å². The van der Waals surface area contributed by atoms with Crippen LogP contribution in [0.3, 0.4) is 0 Å². The number of hydrogen-bond donors (Lipinski definition) is 1. The van der Waals surface area contributed by atoms with Gasteiger partial charge in [0.2, 0.25) is 0 Å². The van der Waals surface area contributed by atoms with E-state index >= 15 is 0 Å². The maximum atomic E-state index is 3.83. The third-order valence-corrected chi connectivity index (χ3v) is 4.76. The molecular weight excluding hydrogens is 196 g/mol. The Morgan fingerprint density at radius 3 is 2.12 bits per heavy atom. The van der Waals surface area contributed by atoms with Gasteiger partial charge in [0.15, 0.2) is 0 Å². The predicted octanol–water partition coefficient (Wildman–Crippen LogP) is 2.64. The number of rotatable bonds is 0. The first-order valence-corrected chi connectivity index (χ1v) is 6.68. The van der Waals surface area contributed by atoms with E-state index in [0.717, 1.165) is 6.04 Å². The third-order valence-electron chi connectivity index (χ3n) is 4.76. The van der Waals surface area contributed by atoms with Gasteiger partial charge in [0.25, 0.3) is 0 Å². The quantitative estimate of drug-likeness (QED) is 0.680. The molecule has 3 rings (SSSR count). The summed E-state index contributed by atoms with van der Waals surface area (Å²) in [7, 11) is 0. The van der Waals surface area contributed by atoms with Crippen LogP contribution in [0.15, 0.2) is 0 Å². The van der Waals surface area contributed by atoms with Gasteiger partial charge in [0.1, 0.15) is 0 Å². The summed E-state index contributed by atoms with van der Waals surface area (Å²) in [5.74, 6) is 0. The molecule has 0 radical (unpaired) electrons. The molecule has 94 valence electrons. The zero-order valence-corrected chi connectivity index (χ0v) is 11.9. The molecule has 16 heavy (non-hydrogen) atoms. The molecule has 0 aromatic carbocycles. The van der Waals surface area contributed by atoms with Crippen molar-refractivity contribution >= 4 is 0 Å². The monoisotopic (exact) mass is 224 g/mol. The van der Waals surface area contributed by atoms with Crippen LogP contribution < -0.4 is 5.32 Å². The summed E-state index contributed by atoms with van der Waals surface area (Å²) in [6, 6.07) is 0.754. The SMILES string of the molecule is CC(C)(C)N1CC2(C(C)(C)C)CCC1CN2. The maximum Gasteiger partial charge on any atom is 0.0359 e. The molecule has 0 spiro atoms. The molecule has 3 heterocycles. The molecule has 0 saturated carbocycles. The molecule has 0 aromatic heterocycles. The lowest BCUT2D eigenvalue weighted by Crippen LogP contribution is -2.75. The minimum Gasteiger partial charge on any atom is -0.308 e. The van der Waals surface area contributed by atoms with E-state index in [1.165, 1.54) is 25.9 Å². The first-order valence-electron chi connectivity index (χ1n) is 6.68. The van der Waals surface area contributed by atoms with E-state index in [1.807, 2.05) is 0 Å². The molecule has 2 atom stereocenters. The Morgan fingerprint density at radius 2 is 1.75 bits per heavy atom. The smallest absolute Gasteiger partial charge is 0.0359 e. The van der Waals surface area contributed by atoms with Gasteiger partial charge in [-0.15, -0.1) is 0 Å². The molecule has 0 amide bonds. The molecule has 0 aromatic rings. The topological polar surface area (TPSA) is 15.3 Å². The zero-order chi connectivity index (χ0) is 12.2. The first-order chi connectivity index (χ1) is 7.16. The van der Waals surface area contributed by atoms with E-state index in [1.54, 1.807) is 0 Å². The highest BCUT2D eigenvalue weighted by molar-refractivity contribution is 5.11. The van der Waals surface area contributed by atoms with Crippen LogP contribution in [-0.4, -0.2) is 35.1 Å². The zero-order valence-electron chi connectivity index (χ0n) is 11.9. The van der Waals surface area contributed by atoms with Crippen molar-refractivity contribution in [3.63, 3.8) is 0 Å². The Kier molecular flexibility index (Phi) is 2.67. The summed E-state index contributed by atoms with van der Waals surface area (Å²) in [6.07, 6.45) is 2.70. The lowest BCUT2D eigenvalue weighted by Gasteiger charge is -2.62. The molecule has 2 nitrogen and oxygen atoms in total. The minimum atomic E-state index is 0.309. The number of nitrogens with zero attached hydrogens (tertiary/aromatic N) is 1. The summed E-state index contributed by atoms with van der Waals surface area (Å²) < 4.78 is 0. The summed E-state index contributed by atoms with van der Waals surface area (Å²) in [4.78, 5) is 2.72. The van der Waals surface area contributed by atoms with Crippen LogP contribution in [-0.2, 0) is 0 Å². The van der Waals surface area contributed by atoms with E-state index in [9.17, 15) is 0 Å². The highest BCUT2D eigenvalue weighted by Crippen LogP contribution is 2.44. The van der Waals surface area contributed by atoms with Crippen molar-refractivity contribution < 1.29 is 0 Å². The van der Waals surface area contributed by atoms with Crippen LogP contribution in [0.1, 0.15) is 54.4 Å². The van der Waals surface area contributed by atoms with Crippen molar-refractivity contribution in [1.82, 2.24) is 10.2 Å². The Bertz CT molecular complexity index is 261. The summed E-state index contributed by atoms with van der Waals surface area (Å²) in [5.41, 5.74) is 0.987. The standard InChI is InChI=1S/C14H28N2/c1-12(2,3)14-8-7-11(9-15-14)16(10-14)13(4,5)6/h11,15H,7-10H2,1-6H3. The second kappa shape index (κ2) is 3.46. The molecule has 2 heteroatoms. The fourth-order valence-electron chi connectivity index (χ4n) is 3.40. The number of piperazine rings is 1. The van der Waals surface area contributed by atoms with Gasteiger partial charge in [-0.05, 0) is 39.0 Å². The normalized spacial score (nSPS) is 36.8. The van der Waals surface area contributed by atoms with Gasteiger partial charge >= 0.3 is 0 Å². The maximum absolute atomic E-state index is 3.83. The molecule has 2 unspecified atom stereocenters. The van der Waals surface area contributed by atoms with E-state index in [2.05, 4.69) is 51.8 Å². The van der Waals surface area contributed by atoms with Crippen molar-refractivity contribution in [2.75, 3.05) is 13.1 Å².